The Morgan fingerprint density at radius 3 is 2.58 bits per heavy atom. The molecule has 0 fully saturated rings. The van der Waals surface area contributed by atoms with Gasteiger partial charge < -0.3 is 9.53 Å². The van der Waals surface area contributed by atoms with Gasteiger partial charge in [-0.1, -0.05) is 30.3 Å². The molecule has 0 aliphatic rings. The number of hydrogen-bond acceptors (Lipinski definition) is 2. The lowest BCUT2D eigenvalue weighted by atomic mass is 10.1. The summed E-state index contributed by atoms with van der Waals surface area (Å²) < 4.78 is 5.15. The van der Waals surface area contributed by atoms with Crippen molar-refractivity contribution >= 4 is 6.29 Å². The van der Waals surface area contributed by atoms with Gasteiger partial charge in [0.1, 0.15) is 6.29 Å². The fourth-order valence-corrected chi connectivity index (χ4v) is 1.12. The highest BCUT2D eigenvalue weighted by molar-refractivity contribution is 5.51. The van der Waals surface area contributed by atoms with E-state index in [1.165, 1.54) is 0 Å². The highest BCUT2D eigenvalue weighted by Gasteiger charge is 2.07. The van der Waals surface area contributed by atoms with Crippen LogP contribution in [0.3, 0.4) is 0 Å². The van der Waals surface area contributed by atoms with Gasteiger partial charge in [-0.3, -0.25) is 0 Å². The van der Waals surface area contributed by atoms with E-state index in [2.05, 4.69) is 0 Å². The van der Waals surface area contributed by atoms with Crippen molar-refractivity contribution in [1.29, 1.82) is 0 Å². The molecule has 1 rings (SSSR count). The molecule has 0 bridgehead atoms. The third-order valence-electron chi connectivity index (χ3n) is 1.77. The van der Waals surface area contributed by atoms with Crippen molar-refractivity contribution in [3.8, 4) is 0 Å². The second-order valence-corrected chi connectivity index (χ2v) is 2.54. The zero-order valence-electron chi connectivity index (χ0n) is 7.07. The van der Waals surface area contributed by atoms with E-state index >= 15 is 0 Å². The summed E-state index contributed by atoms with van der Waals surface area (Å²) >= 11 is 0. The van der Waals surface area contributed by atoms with E-state index in [0.717, 1.165) is 11.8 Å². The van der Waals surface area contributed by atoms with Gasteiger partial charge in [0.2, 0.25) is 0 Å². The predicted octanol–water partition coefficient (Wildman–Crippen LogP) is 1.96. The number of aldehydes is 1. The number of ether oxygens (including phenoxy) is 1. The summed E-state index contributed by atoms with van der Waals surface area (Å²) in [7, 11) is 1.61. The molecular weight excluding hydrogens is 152 g/mol. The second kappa shape index (κ2) is 4.67. The van der Waals surface area contributed by atoms with Crippen LogP contribution >= 0.6 is 0 Å². The van der Waals surface area contributed by atoms with Crippen molar-refractivity contribution in [1.82, 2.24) is 0 Å². The fourth-order valence-electron chi connectivity index (χ4n) is 1.12. The maximum absolute atomic E-state index is 10.3. The average molecular weight is 164 g/mol. The van der Waals surface area contributed by atoms with Gasteiger partial charge in [-0.2, -0.15) is 0 Å². The summed E-state index contributed by atoms with van der Waals surface area (Å²) in [6.07, 6.45) is 1.20. The lowest BCUT2D eigenvalue weighted by Crippen LogP contribution is -2.01. The molecule has 1 aromatic carbocycles. The van der Waals surface area contributed by atoms with Gasteiger partial charge in [0.25, 0.3) is 0 Å². The molecular formula is C10H12O2. The number of rotatable bonds is 4. The topological polar surface area (TPSA) is 26.3 Å². The standard InChI is InChI=1S/C10H12O2/c1-12-10(7-8-11)9-5-3-2-4-6-9/h2-6,8,10H,7H2,1H3/t10-/m0/s1. The lowest BCUT2D eigenvalue weighted by Gasteiger charge is -2.11. The van der Waals surface area contributed by atoms with Crippen molar-refractivity contribution in [3.63, 3.8) is 0 Å². The van der Waals surface area contributed by atoms with Crippen LogP contribution in [0.2, 0.25) is 0 Å². The van der Waals surface area contributed by atoms with Crippen molar-refractivity contribution in [2.45, 2.75) is 12.5 Å². The number of benzene rings is 1. The Labute approximate surface area is 72.2 Å². The van der Waals surface area contributed by atoms with Gasteiger partial charge in [0.05, 0.1) is 6.10 Å². The highest BCUT2D eigenvalue weighted by atomic mass is 16.5. The monoisotopic (exact) mass is 164 g/mol. The molecule has 2 nitrogen and oxygen atoms in total. The minimum Gasteiger partial charge on any atom is -0.376 e. The van der Waals surface area contributed by atoms with Gasteiger partial charge in [-0.25, -0.2) is 0 Å². The SMILES string of the molecule is CO[C@@H](CC=O)c1ccccc1. The summed E-state index contributed by atoms with van der Waals surface area (Å²) in [6.45, 7) is 0. The molecule has 0 saturated heterocycles. The first-order valence-electron chi connectivity index (χ1n) is 3.90. The van der Waals surface area contributed by atoms with Crippen LogP contribution in [-0.4, -0.2) is 13.4 Å². The van der Waals surface area contributed by atoms with Gasteiger partial charge in [0.15, 0.2) is 0 Å². The zero-order valence-corrected chi connectivity index (χ0v) is 7.07. The van der Waals surface area contributed by atoms with E-state index in [1.54, 1.807) is 7.11 Å². The molecule has 12 heavy (non-hydrogen) atoms. The molecule has 0 aliphatic carbocycles. The van der Waals surface area contributed by atoms with Crippen molar-refractivity contribution in [3.05, 3.63) is 35.9 Å². The molecule has 0 N–H and O–H groups in total. The van der Waals surface area contributed by atoms with E-state index in [-0.39, 0.29) is 6.10 Å². The van der Waals surface area contributed by atoms with E-state index < -0.39 is 0 Å². The summed E-state index contributed by atoms with van der Waals surface area (Å²) in [4.78, 5) is 10.3. The minimum absolute atomic E-state index is 0.0938. The first kappa shape index (κ1) is 8.94. The zero-order chi connectivity index (χ0) is 8.81. The van der Waals surface area contributed by atoms with Crippen LogP contribution in [-0.2, 0) is 9.53 Å². The summed E-state index contributed by atoms with van der Waals surface area (Å²) in [6, 6.07) is 9.73. The quantitative estimate of drug-likeness (QED) is 0.636. The van der Waals surface area contributed by atoms with E-state index in [9.17, 15) is 4.79 Å². The van der Waals surface area contributed by atoms with Crippen LogP contribution in [0, 0.1) is 0 Å². The molecule has 0 saturated carbocycles. The van der Waals surface area contributed by atoms with Gasteiger partial charge in [0, 0.05) is 13.5 Å². The Hall–Kier alpha value is -1.15. The maximum Gasteiger partial charge on any atom is 0.122 e. The molecule has 0 heterocycles. The van der Waals surface area contributed by atoms with Crippen molar-refractivity contribution < 1.29 is 9.53 Å². The third-order valence-corrected chi connectivity index (χ3v) is 1.77. The molecule has 2 heteroatoms. The number of hydrogen-bond donors (Lipinski definition) is 0. The largest absolute Gasteiger partial charge is 0.376 e. The van der Waals surface area contributed by atoms with Crippen LogP contribution in [0.4, 0.5) is 0 Å². The summed E-state index contributed by atoms with van der Waals surface area (Å²) in [5.74, 6) is 0. The molecule has 0 aromatic heterocycles. The first-order valence-corrected chi connectivity index (χ1v) is 3.90. The molecule has 0 unspecified atom stereocenters. The molecule has 1 aromatic rings. The smallest absolute Gasteiger partial charge is 0.122 e. The van der Waals surface area contributed by atoms with Gasteiger partial charge in [-0.15, -0.1) is 0 Å². The fraction of sp³-hybridized carbons (Fsp3) is 0.300. The number of methoxy groups -OCH3 is 1. The van der Waals surface area contributed by atoms with E-state index in [4.69, 9.17) is 4.74 Å². The summed E-state index contributed by atoms with van der Waals surface area (Å²) in [5, 5.41) is 0. The molecule has 0 spiro atoms. The van der Waals surface area contributed by atoms with Crippen molar-refractivity contribution in [2.24, 2.45) is 0 Å². The van der Waals surface area contributed by atoms with E-state index in [1.807, 2.05) is 30.3 Å². The highest BCUT2D eigenvalue weighted by Crippen LogP contribution is 2.18. The predicted molar refractivity (Wildman–Crippen MR) is 46.9 cm³/mol. The first-order chi connectivity index (χ1) is 5.88. The molecule has 0 radical (unpaired) electrons. The van der Waals surface area contributed by atoms with Crippen LogP contribution in [0.15, 0.2) is 30.3 Å². The number of carbonyl (C=O) groups is 1. The minimum atomic E-state index is -0.0938. The Kier molecular flexibility index (Phi) is 3.48. The molecule has 64 valence electrons. The van der Waals surface area contributed by atoms with Crippen molar-refractivity contribution in [2.75, 3.05) is 7.11 Å². The Morgan fingerprint density at radius 2 is 2.08 bits per heavy atom. The molecule has 1 atom stereocenters. The Morgan fingerprint density at radius 1 is 1.42 bits per heavy atom. The Bertz CT molecular complexity index is 231. The van der Waals surface area contributed by atoms with Crippen LogP contribution < -0.4 is 0 Å². The van der Waals surface area contributed by atoms with Crippen LogP contribution in [0.25, 0.3) is 0 Å². The second-order valence-electron chi connectivity index (χ2n) is 2.54. The summed E-state index contributed by atoms with van der Waals surface area (Å²) in [5.41, 5.74) is 1.05. The average Bonchev–Trinajstić information content (AvgIpc) is 2.15. The van der Waals surface area contributed by atoms with Gasteiger partial charge >= 0.3 is 0 Å². The van der Waals surface area contributed by atoms with Gasteiger partial charge in [-0.05, 0) is 5.56 Å². The molecule has 0 amide bonds. The third kappa shape index (κ3) is 2.17. The lowest BCUT2D eigenvalue weighted by molar-refractivity contribution is -0.110. The molecule has 0 aliphatic heterocycles. The van der Waals surface area contributed by atoms with Crippen LogP contribution in [0.1, 0.15) is 18.1 Å². The normalized spacial score (nSPS) is 12.4. The van der Waals surface area contributed by atoms with Crippen LogP contribution in [0.5, 0.6) is 0 Å². The Balaban J connectivity index is 2.72. The maximum atomic E-state index is 10.3. The van der Waals surface area contributed by atoms with E-state index in [0.29, 0.717) is 6.42 Å². The number of carbonyl (C=O) groups excluding carboxylic acids is 1.